The van der Waals surface area contributed by atoms with Crippen molar-refractivity contribution in [1.29, 1.82) is 5.41 Å². The van der Waals surface area contributed by atoms with Crippen LogP contribution in [0.1, 0.15) is 46.0 Å². The van der Waals surface area contributed by atoms with E-state index >= 15 is 0 Å². The molecule has 37 heavy (non-hydrogen) atoms. The number of methoxy groups -OCH3 is 2. The molecule has 4 N–H and O–H groups in total. The number of nitrogens with two attached hydrogens (primary N) is 1. The van der Waals surface area contributed by atoms with E-state index in [9.17, 15) is 0 Å². The molecule has 2 aliphatic rings. The minimum absolute atomic E-state index is 0.0799. The molecule has 1 aromatic rings. The van der Waals surface area contributed by atoms with Crippen LogP contribution in [0.5, 0.6) is 0 Å². The molecule has 0 radical (unpaired) electrons. The number of allylic oxidation sites excluding steroid dienone is 5. The number of nitrogens with one attached hydrogen (secondary N) is 2. The fourth-order valence-corrected chi connectivity index (χ4v) is 4.03. The van der Waals surface area contributed by atoms with Gasteiger partial charge in [0.2, 0.25) is 0 Å². The van der Waals surface area contributed by atoms with Gasteiger partial charge in [-0.05, 0) is 76.1 Å². The van der Waals surface area contributed by atoms with Gasteiger partial charge in [0.05, 0.1) is 42.8 Å². The third-order valence-corrected chi connectivity index (χ3v) is 6.45. The zero-order valence-electron chi connectivity index (χ0n) is 22.5. The van der Waals surface area contributed by atoms with E-state index in [4.69, 9.17) is 30.3 Å². The van der Waals surface area contributed by atoms with E-state index in [0.717, 1.165) is 61.0 Å². The summed E-state index contributed by atoms with van der Waals surface area (Å²) in [6.45, 7) is 9.72. The van der Waals surface area contributed by atoms with Gasteiger partial charge in [0.15, 0.2) is 0 Å². The van der Waals surface area contributed by atoms with Crippen LogP contribution in [-0.2, 0) is 14.2 Å². The van der Waals surface area contributed by atoms with Gasteiger partial charge in [-0.2, -0.15) is 0 Å². The SMILES string of the molecule is C=C(/C=C(\C=C(/C)OC)OC)N(CC1CC1)c1ccc(N)c(/N=C(C)/C(=C/C=N)NC2CCCCO2)c1. The molecule has 1 atom stereocenters. The van der Waals surface area contributed by atoms with Crippen LogP contribution in [0.3, 0.4) is 0 Å². The minimum Gasteiger partial charge on any atom is -0.501 e. The minimum atomic E-state index is -0.0799. The number of aliphatic imine (C=N–C) groups is 1. The van der Waals surface area contributed by atoms with E-state index in [-0.39, 0.29) is 6.23 Å². The Kier molecular flexibility index (Phi) is 10.4. The van der Waals surface area contributed by atoms with E-state index in [2.05, 4.69) is 16.8 Å². The number of rotatable bonds is 13. The van der Waals surface area contributed by atoms with Crippen LogP contribution in [0, 0.1) is 11.3 Å². The van der Waals surface area contributed by atoms with Gasteiger partial charge in [-0.1, -0.05) is 6.58 Å². The lowest BCUT2D eigenvalue weighted by Gasteiger charge is -2.27. The van der Waals surface area contributed by atoms with Crippen molar-refractivity contribution in [2.24, 2.45) is 10.9 Å². The molecule has 0 aromatic heterocycles. The number of nitrogen functional groups attached to an aromatic ring is 1. The Balaban J connectivity index is 1.90. The molecule has 3 rings (SSSR count). The first-order valence-corrected chi connectivity index (χ1v) is 12.8. The van der Waals surface area contributed by atoms with Gasteiger partial charge >= 0.3 is 0 Å². The highest BCUT2D eigenvalue weighted by Crippen LogP contribution is 2.36. The second-order valence-corrected chi connectivity index (χ2v) is 9.44. The van der Waals surface area contributed by atoms with Crippen molar-refractivity contribution in [3.63, 3.8) is 0 Å². The average molecular weight is 508 g/mol. The molecule has 1 saturated carbocycles. The van der Waals surface area contributed by atoms with Gasteiger partial charge in [0.25, 0.3) is 0 Å². The molecular formula is C29H41N5O3. The van der Waals surface area contributed by atoms with Gasteiger partial charge in [-0.15, -0.1) is 0 Å². The predicted molar refractivity (Wildman–Crippen MR) is 152 cm³/mol. The zero-order valence-corrected chi connectivity index (χ0v) is 22.5. The molecule has 1 aromatic carbocycles. The van der Waals surface area contributed by atoms with Gasteiger partial charge in [-0.25, -0.2) is 4.99 Å². The maximum absolute atomic E-state index is 7.59. The number of hydrogen-bond donors (Lipinski definition) is 3. The first-order chi connectivity index (χ1) is 17.8. The smallest absolute Gasteiger partial charge is 0.127 e. The molecule has 200 valence electrons. The average Bonchev–Trinajstić information content (AvgIpc) is 3.72. The van der Waals surface area contributed by atoms with Crippen LogP contribution in [-0.4, -0.2) is 45.5 Å². The Morgan fingerprint density at radius 3 is 2.62 bits per heavy atom. The van der Waals surface area contributed by atoms with Gasteiger partial charge in [-0.3, -0.25) is 0 Å². The highest BCUT2D eigenvalue weighted by atomic mass is 16.5. The van der Waals surface area contributed by atoms with Crippen molar-refractivity contribution in [3.8, 4) is 0 Å². The van der Waals surface area contributed by atoms with Crippen molar-refractivity contribution in [1.82, 2.24) is 5.32 Å². The third-order valence-electron chi connectivity index (χ3n) is 6.45. The molecule has 0 bridgehead atoms. The van der Waals surface area contributed by atoms with Crippen LogP contribution >= 0.6 is 0 Å². The van der Waals surface area contributed by atoms with Crippen molar-refractivity contribution >= 4 is 29.0 Å². The Labute approximate surface area is 221 Å². The largest absolute Gasteiger partial charge is 0.501 e. The molecule has 1 aliphatic carbocycles. The van der Waals surface area contributed by atoms with Crippen molar-refractivity contribution < 1.29 is 14.2 Å². The lowest BCUT2D eigenvalue weighted by molar-refractivity contribution is 0.00221. The standard InChI is InChI=1S/C29H41N5O3/c1-20(16-25(36-5)17-21(2)35-4)34(19-23-9-10-23)24-11-12-26(31)28(18-24)32-22(3)27(13-14-30)33-29-8-6-7-15-37-29/h11-14,16-18,23,29-30,33H,1,6-10,15,19,31H2,2-5H3/b21-17+,25-16+,27-13-,30-14?,32-22+. The molecule has 8 heteroatoms. The normalized spacial score (nSPS) is 19.3. The molecule has 2 fully saturated rings. The Bertz CT molecular complexity index is 1080. The number of ether oxygens (including phenoxy) is 3. The summed E-state index contributed by atoms with van der Waals surface area (Å²) in [5, 5.41) is 11.0. The lowest BCUT2D eigenvalue weighted by Crippen LogP contribution is -2.36. The maximum atomic E-state index is 7.59. The zero-order chi connectivity index (χ0) is 26.8. The Hall–Kier alpha value is -3.52. The fourth-order valence-electron chi connectivity index (χ4n) is 4.03. The summed E-state index contributed by atoms with van der Waals surface area (Å²) in [4.78, 5) is 7.03. The summed E-state index contributed by atoms with van der Waals surface area (Å²) in [7, 11) is 3.26. The molecular weight excluding hydrogens is 466 g/mol. The second kappa shape index (κ2) is 13.7. The molecule has 1 saturated heterocycles. The van der Waals surface area contributed by atoms with Crippen molar-refractivity contribution in [2.45, 2.75) is 52.2 Å². The van der Waals surface area contributed by atoms with Crippen molar-refractivity contribution in [3.05, 3.63) is 65.9 Å². The number of hydrogen-bond acceptors (Lipinski definition) is 8. The number of anilines is 2. The van der Waals surface area contributed by atoms with Gasteiger partial charge < -0.3 is 35.6 Å². The fraction of sp³-hybridized carbons (Fsp3) is 0.448. The summed E-state index contributed by atoms with van der Waals surface area (Å²) in [5.41, 5.74) is 10.8. The summed E-state index contributed by atoms with van der Waals surface area (Å²) in [6, 6.07) is 5.86. The number of benzene rings is 1. The van der Waals surface area contributed by atoms with E-state index in [1.54, 1.807) is 20.3 Å². The van der Waals surface area contributed by atoms with E-state index in [0.29, 0.717) is 23.1 Å². The van der Waals surface area contributed by atoms with Crippen LogP contribution in [0.4, 0.5) is 17.1 Å². The second-order valence-electron chi connectivity index (χ2n) is 9.44. The first-order valence-electron chi connectivity index (χ1n) is 12.8. The summed E-state index contributed by atoms with van der Waals surface area (Å²) < 4.78 is 16.6. The molecule has 1 aliphatic heterocycles. The van der Waals surface area contributed by atoms with Crippen molar-refractivity contribution in [2.75, 3.05) is 38.0 Å². The molecule has 1 heterocycles. The maximum Gasteiger partial charge on any atom is 0.127 e. The predicted octanol–water partition coefficient (Wildman–Crippen LogP) is 5.82. The Morgan fingerprint density at radius 1 is 1.22 bits per heavy atom. The van der Waals surface area contributed by atoms with Crippen LogP contribution < -0.4 is 16.0 Å². The van der Waals surface area contributed by atoms with Crippen LogP contribution in [0.25, 0.3) is 0 Å². The topological polar surface area (TPSA) is 105 Å². The van der Waals surface area contributed by atoms with Gasteiger partial charge in [0, 0.05) is 42.9 Å². The monoisotopic (exact) mass is 507 g/mol. The first kappa shape index (κ1) is 28.1. The lowest BCUT2D eigenvalue weighted by atomic mass is 10.1. The van der Waals surface area contributed by atoms with E-state index < -0.39 is 0 Å². The van der Waals surface area contributed by atoms with Crippen LogP contribution in [0.15, 0.2) is 70.9 Å². The molecule has 0 amide bonds. The summed E-state index contributed by atoms with van der Waals surface area (Å²) >= 11 is 0. The number of nitrogens with zero attached hydrogens (tertiary/aromatic N) is 2. The molecule has 1 unspecified atom stereocenters. The summed E-state index contributed by atoms with van der Waals surface area (Å²) in [6.07, 6.45) is 12.1. The van der Waals surface area contributed by atoms with E-state index in [1.165, 1.54) is 19.1 Å². The third kappa shape index (κ3) is 8.53. The van der Waals surface area contributed by atoms with Crippen LogP contribution in [0.2, 0.25) is 0 Å². The highest BCUT2D eigenvalue weighted by molar-refractivity contribution is 6.02. The quantitative estimate of drug-likeness (QED) is 0.134. The summed E-state index contributed by atoms with van der Waals surface area (Å²) in [5.74, 6) is 2.03. The van der Waals surface area contributed by atoms with Gasteiger partial charge in [0.1, 0.15) is 12.0 Å². The molecule has 8 nitrogen and oxygen atoms in total. The highest BCUT2D eigenvalue weighted by Gasteiger charge is 2.26. The molecule has 0 spiro atoms. The Morgan fingerprint density at radius 2 is 2.00 bits per heavy atom. The van der Waals surface area contributed by atoms with E-state index in [1.807, 2.05) is 44.2 Å².